The van der Waals surface area contributed by atoms with Crippen LogP contribution in [0.2, 0.25) is 10.3 Å². The maximum absolute atomic E-state index is 8.85. The van der Waals surface area contributed by atoms with E-state index in [1.165, 1.54) is 0 Å². The van der Waals surface area contributed by atoms with Crippen LogP contribution in [0.3, 0.4) is 0 Å². The van der Waals surface area contributed by atoms with Crippen LogP contribution in [0, 0.1) is 11.3 Å². The van der Waals surface area contributed by atoms with Gasteiger partial charge in [0.1, 0.15) is 6.07 Å². The molecule has 3 rings (SSSR count). The van der Waals surface area contributed by atoms with Crippen molar-refractivity contribution in [2.75, 3.05) is 0 Å². The average molecular weight is 290 g/mol. The molecule has 7 heteroatoms. The molecule has 0 radical (unpaired) electrons. The molecule has 0 aliphatic heterocycles. The van der Waals surface area contributed by atoms with E-state index in [-0.39, 0.29) is 5.28 Å². The normalized spacial score (nSPS) is 10.6. The first-order valence-electron chi connectivity index (χ1n) is 5.25. The highest BCUT2D eigenvalue weighted by molar-refractivity contribution is 6.31. The van der Waals surface area contributed by atoms with Gasteiger partial charge >= 0.3 is 0 Å². The van der Waals surface area contributed by atoms with E-state index >= 15 is 0 Å². The highest BCUT2D eigenvalue weighted by Crippen LogP contribution is 2.22. The summed E-state index contributed by atoms with van der Waals surface area (Å²) in [6.45, 7) is 0. The van der Waals surface area contributed by atoms with Crippen molar-refractivity contribution in [2.45, 2.75) is 0 Å². The molecule has 0 saturated carbocycles. The zero-order valence-electron chi connectivity index (χ0n) is 9.38. The van der Waals surface area contributed by atoms with Gasteiger partial charge in [-0.1, -0.05) is 11.6 Å². The van der Waals surface area contributed by atoms with Crippen LogP contribution in [0.1, 0.15) is 5.56 Å². The number of nitrogens with zero attached hydrogens (tertiary/aromatic N) is 5. The standard InChI is InChI=1S/C12H5Cl2N5/c13-10-3-9(2-1-7(10)4-15)19-11-8(6-17-19)5-16-12(14)18-11/h1-3,5-6H. The highest BCUT2D eigenvalue weighted by Gasteiger charge is 2.09. The van der Waals surface area contributed by atoms with Crippen molar-refractivity contribution in [1.29, 1.82) is 5.26 Å². The second kappa shape index (κ2) is 4.50. The third-order valence-electron chi connectivity index (χ3n) is 2.60. The van der Waals surface area contributed by atoms with Gasteiger partial charge in [0, 0.05) is 6.20 Å². The van der Waals surface area contributed by atoms with Crippen LogP contribution in [-0.2, 0) is 0 Å². The van der Waals surface area contributed by atoms with Crippen LogP contribution in [0.5, 0.6) is 0 Å². The number of nitriles is 1. The molecule has 5 nitrogen and oxygen atoms in total. The lowest BCUT2D eigenvalue weighted by molar-refractivity contribution is 0.895. The minimum absolute atomic E-state index is 0.147. The Bertz CT molecular complexity index is 819. The van der Waals surface area contributed by atoms with E-state index in [2.05, 4.69) is 15.1 Å². The number of halogens is 2. The Balaban J connectivity index is 2.22. The van der Waals surface area contributed by atoms with E-state index in [0.29, 0.717) is 21.9 Å². The molecule has 0 saturated heterocycles. The second-order valence-electron chi connectivity index (χ2n) is 3.75. The molecule has 0 unspecified atom stereocenters. The van der Waals surface area contributed by atoms with Crippen molar-refractivity contribution in [3.8, 4) is 11.8 Å². The maximum atomic E-state index is 8.85. The van der Waals surface area contributed by atoms with Gasteiger partial charge in [-0.3, -0.25) is 0 Å². The third kappa shape index (κ3) is 2.01. The van der Waals surface area contributed by atoms with Gasteiger partial charge in [-0.2, -0.15) is 15.3 Å². The summed E-state index contributed by atoms with van der Waals surface area (Å²) >= 11 is 11.8. The predicted octanol–water partition coefficient (Wildman–Crippen LogP) is 2.99. The molecule has 0 spiro atoms. The summed E-state index contributed by atoms with van der Waals surface area (Å²) < 4.78 is 1.59. The molecule has 1 aromatic carbocycles. The van der Waals surface area contributed by atoms with Crippen LogP contribution < -0.4 is 0 Å². The Morgan fingerprint density at radius 3 is 2.79 bits per heavy atom. The van der Waals surface area contributed by atoms with Crippen molar-refractivity contribution in [3.63, 3.8) is 0 Å². The summed E-state index contributed by atoms with van der Waals surface area (Å²) in [5.41, 5.74) is 1.70. The first-order valence-corrected chi connectivity index (χ1v) is 6.01. The second-order valence-corrected chi connectivity index (χ2v) is 4.50. The van der Waals surface area contributed by atoms with E-state index in [0.717, 1.165) is 5.39 Å². The topological polar surface area (TPSA) is 67.4 Å². The third-order valence-corrected chi connectivity index (χ3v) is 3.09. The van der Waals surface area contributed by atoms with Crippen LogP contribution in [-0.4, -0.2) is 19.7 Å². The minimum atomic E-state index is 0.147. The fourth-order valence-electron chi connectivity index (χ4n) is 1.71. The quantitative estimate of drug-likeness (QED) is 0.646. The first kappa shape index (κ1) is 11.9. The molecule has 0 bridgehead atoms. The van der Waals surface area contributed by atoms with Gasteiger partial charge in [0.15, 0.2) is 5.65 Å². The zero-order chi connectivity index (χ0) is 13.4. The number of rotatable bonds is 1. The maximum Gasteiger partial charge on any atom is 0.224 e. The van der Waals surface area contributed by atoms with Gasteiger partial charge in [-0.15, -0.1) is 0 Å². The number of fused-ring (bicyclic) bond motifs is 1. The largest absolute Gasteiger partial charge is 0.226 e. The number of hydrogen-bond donors (Lipinski definition) is 0. The molecule has 0 N–H and O–H groups in total. The Morgan fingerprint density at radius 2 is 2.05 bits per heavy atom. The predicted molar refractivity (Wildman–Crippen MR) is 71.4 cm³/mol. The number of benzene rings is 1. The molecule has 2 heterocycles. The summed E-state index contributed by atoms with van der Waals surface area (Å²) in [4.78, 5) is 8.02. The minimum Gasteiger partial charge on any atom is -0.226 e. The lowest BCUT2D eigenvalue weighted by Crippen LogP contribution is -1.98. The zero-order valence-corrected chi connectivity index (χ0v) is 10.9. The van der Waals surface area contributed by atoms with Gasteiger partial charge in [0.05, 0.1) is 27.9 Å². The molecular formula is C12H5Cl2N5. The Labute approximate surface area is 118 Å². The average Bonchev–Trinajstić information content (AvgIpc) is 2.81. The van der Waals surface area contributed by atoms with Crippen LogP contribution in [0.4, 0.5) is 0 Å². The molecule has 0 aliphatic carbocycles. The molecule has 19 heavy (non-hydrogen) atoms. The summed E-state index contributed by atoms with van der Waals surface area (Å²) in [5.74, 6) is 0. The van der Waals surface area contributed by atoms with Crippen molar-refractivity contribution < 1.29 is 0 Å². The van der Waals surface area contributed by atoms with E-state index in [4.69, 9.17) is 28.5 Å². The molecule has 0 fully saturated rings. The number of hydrogen-bond acceptors (Lipinski definition) is 4. The van der Waals surface area contributed by atoms with Gasteiger partial charge in [0.25, 0.3) is 0 Å². The van der Waals surface area contributed by atoms with Crippen molar-refractivity contribution in [2.24, 2.45) is 0 Å². The molecule has 92 valence electrons. The summed E-state index contributed by atoms with van der Waals surface area (Å²) in [6.07, 6.45) is 3.23. The Kier molecular flexibility index (Phi) is 2.82. The highest BCUT2D eigenvalue weighted by atomic mass is 35.5. The van der Waals surface area contributed by atoms with E-state index in [9.17, 15) is 0 Å². The fraction of sp³-hybridized carbons (Fsp3) is 0. The molecule has 2 aromatic heterocycles. The molecule has 0 atom stereocenters. The molecule has 0 aliphatic rings. The van der Waals surface area contributed by atoms with Crippen molar-refractivity contribution in [1.82, 2.24) is 19.7 Å². The Hall–Kier alpha value is -2.16. The summed E-state index contributed by atoms with van der Waals surface area (Å²) in [5, 5.41) is 14.4. The fourth-order valence-corrected chi connectivity index (χ4v) is 2.06. The SMILES string of the molecule is N#Cc1ccc(-n2ncc3cnc(Cl)nc32)cc1Cl. The molecule has 3 aromatic rings. The summed E-state index contributed by atoms with van der Waals surface area (Å²) in [7, 11) is 0. The van der Waals surface area contributed by atoms with E-state index < -0.39 is 0 Å². The number of aromatic nitrogens is 4. The van der Waals surface area contributed by atoms with Gasteiger partial charge in [0.2, 0.25) is 5.28 Å². The van der Waals surface area contributed by atoms with E-state index in [1.807, 2.05) is 6.07 Å². The van der Waals surface area contributed by atoms with Gasteiger partial charge < -0.3 is 0 Å². The van der Waals surface area contributed by atoms with E-state index in [1.54, 1.807) is 35.3 Å². The van der Waals surface area contributed by atoms with Crippen LogP contribution >= 0.6 is 23.2 Å². The first-order chi connectivity index (χ1) is 9.19. The van der Waals surface area contributed by atoms with Crippen molar-refractivity contribution in [3.05, 3.63) is 46.5 Å². The van der Waals surface area contributed by atoms with Gasteiger partial charge in [-0.05, 0) is 29.8 Å². The van der Waals surface area contributed by atoms with Gasteiger partial charge in [-0.25, -0.2) is 9.67 Å². The molecular weight excluding hydrogens is 285 g/mol. The van der Waals surface area contributed by atoms with Crippen LogP contribution in [0.15, 0.2) is 30.6 Å². The Morgan fingerprint density at radius 1 is 1.21 bits per heavy atom. The molecule has 0 amide bonds. The van der Waals surface area contributed by atoms with Crippen LogP contribution in [0.25, 0.3) is 16.7 Å². The lowest BCUT2D eigenvalue weighted by Gasteiger charge is -2.04. The smallest absolute Gasteiger partial charge is 0.224 e. The summed E-state index contributed by atoms with van der Waals surface area (Å²) in [6, 6.07) is 7.04. The monoisotopic (exact) mass is 289 g/mol. The lowest BCUT2D eigenvalue weighted by atomic mass is 10.2. The van der Waals surface area contributed by atoms with Crippen molar-refractivity contribution >= 4 is 34.2 Å².